The van der Waals surface area contributed by atoms with Crippen LogP contribution in [-0.2, 0) is 15.9 Å². The highest BCUT2D eigenvalue weighted by Gasteiger charge is 2.18. The highest BCUT2D eigenvalue weighted by molar-refractivity contribution is 5.76. The SMILES string of the molecule is c1ccc(-c2nc(CCCCC3OCCO3)oc2-c2ccccc2)cc1. The van der Waals surface area contributed by atoms with E-state index in [1.54, 1.807) is 0 Å². The van der Waals surface area contributed by atoms with Gasteiger partial charge in [0.1, 0.15) is 5.69 Å². The minimum Gasteiger partial charge on any atom is -0.440 e. The Morgan fingerprint density at radius 1 is 0.808 bits per heavy atom. The van der Waals surface area contributed by atoms with Crippen molar-refractivity contribution < 1.29 is 13.9 Å². The predicted molar refractivity (Wildman–Crippen MR) is 101 cm³/mol. The number of nitrogens with zero attached hydrogens (tertiary/aromatic N) is 1. The summed E-state index contributed by atoms with van der Waals surface area (Å²) >= 11 is 0. The molecule has 2 aromatic carbocycles. The predicted octanol–water partition coefficient (Wildman–Crippen LogP) is 5.09. The molecule has 0 N–H and O–H groups in total. The van der Waals surface area contributed by atoms with E-state index >= 15 is 0 Å². The van der Waals surface area contributed by atoms with Crippen LogP contribution in [0.2, 0.25) is 0 Å². The number of oxazole rings is 1. The van der Waals surface area contributed by atoms with Crippen LogP contribution in [0, 0.1) is 0 Å². The summed E-state index contributed by atoms with van der Waals surface area (Å²) in [5, 5.41) is 0. The minimum absolute atomic E-state index is 0.0284. The molecule has 4 rings (SSSR count). The molecule has 0 saturated carbocycles. The van der Waals surface area contributed by atoms with E-state index in [1.807, 2.05) is 36.4 Å². The Labute approximate surface area is 153 Å². The second-order valence-electron chi connectivity index (χ2n) is 6.43. The molecule has 4 nitrogen and oxygen atoms in total. The molecule has 1 fully saturated rings. The van der Waals surface area contributed by atoms with Gasteiger partial charge in [0, 0.05) is 17.5 Å². The number of hydrogen-bond donors (Lipinski definition) is 0. The van der Waals surface area contributed by atoms with Crippen molar-refractivity contribution in [2.24, 2.45) is 0 Å². The molecule has 1 aliphatic rings. The first-order chi connectivity index (χ1) is 12.9. The third-order valence-electron chi connectivity index (χ3n) is 4.53. The van der Waals surface area contributed by atoms with Gasteiger partial charge in [-0.15, -0.1) is 0 Å². The standard InChI is InChI=1S/C22H23NO3/c1-3-9-17(10-4-1)21-22(18-11-5-2-6-12-18)26-19(23-21)13-7-8-14-20-24-15-16-25-20/h1-6,9-12,20H,7-8,13-16H2. The largest absolute Gasteiger partial charge is 0.440 e. The number of rotatable bonds is 7. The van der Waals surface area contributed by atoms with E-state index in [-0.39, 0.29) is 6.29 Å². The molecule has 0 aliphatic carbocycles. The molecule has 3 aromatic rings. The number of aryl methyl sites for hydroxylation is 1. The number of hydrogen-bond acceptors (Lipinski definition) is 4. The van der Waals surface area contributed by atoms with Gasteiger partial charge in [-0.1, -0.05) is 60.7 Å². The fourth-order valence-electron chi connectivity index (χ4n) is 3.21. The second-order valence-corrected chi connectivity index (χ2v) is 6.43. The summed E-state index contributed by atoms with van der Waals surface area (Å²) in [5.74, 6) is 1.63. The molecule has 1 saturated heterocycles. The maximum absolute atomic E-state index is 6.15. The fraction of sp³-hybridized carbons (Fsp3) is 0.318. The van der Waals surface area contributed by atoms with Crippen LogP contribution in [0.1, 0.15) is 25.2 Å². The van der Waals surface area contributed by atoms with E-state index < -0.39 is 0 Å². The summed E-state index contributed by atoms with van der Waals surface area (Å²) in [4.78, 5) is 4.80. The Balaban J connectivity index is 1.49. The van der Waals surface area contributed by atoms with Gasteiger partial charge < -0.3 is 13.9 Å². The molecule has 0 bridgehead atoms. The lowest BCUT2D eigenvalue weighted by molar-refractivity contribution is -0.0479. The number of aromatic nitrogens is 1. The number of ether oxygens (including phenoxy) is 2. The Kier molecular flexibility index (Phi) is 5.43. The fourth-order valence-corrected chi connectivity index (χ4v) is 3.21. The van der Waals surface area contributed by atoms with Crippen molar-refractivity contribution in [3.8, 4) is 22.6 Å². The van der Waals surface area contributed by atoms with Gasteiger partial charge in [-0.3, -0.25) is 0 Å². The molecule has 0 atom stereocenters. The van der Waals surface area contributed by atoms with Crippen LogP contribution in [0.25, 0.3) is 22.6 Å². The van der Waals surface area contributed by atoms with Gasteiger partial charge in [0.05, 0.1) is 13.2 Å². The number of benzene rings is 2. The smallest absolute Gasteiger partial charge is 0.195 e. The van der Waals surface area contributed by atoms with E-state index in [4.69, 9.17) is 18.9 Å². The van der Waals surface area contributed by atoms with Crippen molar-refractivity contribution in [1.82, 2.24) is 4.98 Å². The van der Waals surface area contributed by atoms with Crippen LogP contribution >= 0.6 is 0 Å². The first-order valence-electron chi connectivity index (χ1n) is 9.24. The van der Waals surface area contributed by atoms with Crippen molar-refractivity contribution in [3.05, 3.63) is 66.6 Å². The lowest BCUT2D eigenvalue weighted by atomic mass is 10.1. The summed E-state index contributed by atoms with van der Waals surface area (Å²) in [6.07, 6.45) is 3.76. The topological polar surface area (TPSA) is 44.5 Å². The molecular formula is C22H23NO3. The second kappa shape index (κ2) is 8.30. The maximum Gasteiger partial charge on any atom is 0.195 e. The molecule has 134 valence electrons. The third kappa shape index (κ3) is 4.03. The van der Waals surface area contributed by atoms with Gasteiger partial charge in [0.2, 0.25) is 0 Å². The Morgan fingerprint density at radius 2 is 1.46 bits per heavy atom. The van der Waals surface area contributed by atoms with Crippen molar-refractivity contribution >= 4 is 0 Å². The van der Waals surface area contributed by atoms with Crippen LogP contribution in [0.15, 0.2) is 65.1 Å². The molecule has 1 aliphatic heterocycles. The highest BCUT2D eigenvalue weighted by Crippen LogP contribution is 2.33. The molecule has 0 radical (unpaired) electrons. The van der Waals surface area contributed by atoms with Gasteiger partial charge in [-0.25, -0.2) is 4.98 Å². The van der Waals surface area contributed by atoms with Crippen molar-refractivity contribution in [2.45, 2.75) is 32.0 Å². The van der Waals surface area contributed by atoms with E-state index in [9.17, 15) is 0 Å². The van der Waals surface area contributed by atoms with Crippen molar-refractivity contribution in [2.75, 3.05) is 13.2 Å². The zero-order valence-corrected chi connectivity index (χ0v) is 14.8. The molecule has 26 heavy (non-hydrogen) atoms. The lowest BCUT2D eigenvalue weighted by Gasteiger charge is -2.07. The number of unbranched alkanes of at least 4 members (excludes halogenated alkanes) is 1. The van der Waals surface area contributed by atoms with Gasteiger partial charge in [0.15, 0.2) is 17.9 Å². The normalized spacial score (nSPS) is 14.8. The summed E-state index contributed by atoms with van der Waals surface area (Å²) in [6, 6.07) is 20.4. The summed E-state index contributed by atoms with van der Waals surface area (Å²) in [5.41, 5.74) is 3.04. The van der Waals surface area contributed by atoms with Gasteiger partial charge >= 0.3 is 0 Å². The molecule has 0 spiro atoms. The van der Waals surface area contributed by atoms with E-state index in [2.05, 4.69) is 24.3 Å². The third-order valence-corrected chi connectivity index (χ3v) is 4.53. The van der Waals surface area contributed by atoms with Crippen LogP contribution in [0.3, 0.4) is 0 Å². The molecule has 1 aromatic heterocycles. The minimum atomic E-state index is -0.0284. The Morgan fingerprint density at radius 3 is 2.15 bits per heavy atom. The molecule has 0 amide bonds. The summed E-state index contributed by atoms with van der Waals surface area (Å²) < 4.78 is 17.1. The van der Waals surface area contributed by atoms with Gasteiger partial charge in [-0.2, -0.15) is 0 Å². The van der Waals surface area contributed by atoms with E-state index in [0.717, 1.165) is 54.2 Å². The quantitative estimate of drug-likeness (QED) is 0.557. The summed E-state index contributed by atoms with van der Waals surface area (Å²) in [7, 11) is 0. The molecule has 4 heteroatoms. The van der Waals surface area contributed by atoms with Crippen molar-refractivity contribution in [1.29, 1.82) is 0 Å². The Hall–Kier alpha value is -2.43. The molecule has 0 unspecified atom stereocenters. The molecule has 2 heterocycles. The van der Waals surface area contributed by atoms with Gasteiger partial charge in [-0.05, 0) is 19.3 Å². The summed E-state index contributed by atoms with van der Waals surface area (Å²) in [6.45, 7) is 1.43. The van der Waals surface area contributed by atoms with E-state index in [1.165, 1.54) is 0 Å². The average Bonchev–Trinajstić information content (AvgIpc) is 3.37. The first kappa shape index (κ1) is 17.0. The zero-order valence-electron chi connectivity index (χ0n) is 14.8. The molecular weight excluding hydrogens is 326 g/mol. The van der Waals surface area contributed by atoms with Gasteiger partial charge in [0.25, 0.3) is 0 Å². The van der Waals surface area contributed by atoms with Crippen LogP contribution in [0.4, 0.5) is 0 Å². The first-order valence-corrected chi connectivity index (χ1v) is 9.24. The zero-order chi connectivity index (χ0) is 17.6. The van der Waals surface area contributed by atoms with Crippen LogP contribution in [-0.4, -0.2) is 24.5 Å². The van der Waals surface area contributed by atoms with Crippen molar-refractivity contribution in [3.63, 3.8) is 0 Å². The monoisotopic (exact) mass is 349 g/mol. The maximum atomic E-state index is 6.15. The highest BCUT2D eigenvalue weighted by atomic mass is 16.7. The van der Waals surface area contributed by atoms with Crippen LogP contribution < -0.4 is 0 Å². The van der Waals surface area contributed by atoms with Crippen LogP contribution in [0.5, 0.6) is 0 Å². The van der Waals surface area contributed by atoms with E-state index in [0.29, 0.717) is 13.2 Å². The average molecular weight is 349 g/mol. The lowest BCUT2D eigenvalue weighted by Crippen LogP contribution is -2.06. The Bertz CT molecular complexity index is 751.